The number of rotatable bonds is 32. The molecule has 0 aromatic carbocycles. The first kappa shape index (κ1) is 41.8. The molecule has 2 unspecified atom stereocenters. The van der Waals surface area contributed by atoms with Crippen LogP contribution in [-0.2, 0) is 23.9 Å². The van der Waals surface area contributed by atoms with Crippen LogP contribution in [0.3, 0.4) is 0 Å². The zero-order valence-corrected chi connectivity index (χ0v) is 28.2. The number of ether oxygens (including phenoxy) is 1. The van der Waals surface area contributed by atoms with Crippen molar-refractivity contribution in [2.45, 2.75) is 187 Å². The highest BCUT2D eigenvalue weighted by molar-refractivity contribution is 5.87. The molecule has 9 heteroatoms. The van der Waals surface area contributed by atoms with Gasteiger partial charge in [-0.2, -0.15) is 0 Å². The Morgan fingerprint density at radius 3 is 1.48 bits per heavy atom. The van der Waals surface area contributed by atoms with Crippen LogP contribution >= 0.6 is 0 Å². The molecular formula is C35H66N2O7. The van der Waals surface area contributed by atoms with Crippen molar-refractivity contribution in [2.75, 3.05) is 13.2 Å². The van der Waals surface area contributed by atoms with Crippen molar-refractivity contribution in [1.29, 1.82) is 0 Å². The Bertz CT molecular complexity index is 732. The molecule has 9 nitrogen and oxygen atoms in total. The molecule has 0 spiro atoms. The van der Waals surface area contributed by atoms with Gasteiger partial charge in [-0.1, -0.05) is 123 Å². The first-order valence-electron chi connectivity index (χ1n) is 17.9. The molecule has 0 aliphatic rings. The molecule has 0 fully saturated rings. The lowest BCUT2D eigenvalue weighted by molar-refractivity contribution is -0.150. The van der Waals surface area contributed by atoms with Gasteiger partial charge < -0.3 is 25.6 Å². The number of carbonyl (C=O) groups excluding carboxylic acids is 3. The fraction of sp³-hybridized carbons (Fsp3) is 0.886. The summed E-state index contributed by atoms with van der Waals surface area (Å²) in [5.41, 5.74) is 0. The SMILES string of the molecule is CCCCCCCCCCCCCC(=O)OC(CCCCCCCC)CCCCCCC(=O)NCC(=O)NC(CO)C(=O)O. The summed E-state index contributed by atoms with van der Waals surface area (Å²) in [5.74, 6) is -2.32. The van der Waals surface area contributed by atoms with Crippen LogP contribution in [0.2, 0.25) is 0 Å². The third kappa shape index (κ3) is 27.4. The molecule has 2 atom stereocenters. The van der Waals surface area contributed by atoms with Crippen molar-refractivity contribution in [3.05, 3.63) is 0 Å². The smallest absolute Gasteiger partial charge is 0.328 e. The number of esters is 1. The van der Waals surface area contributed by atoms with E-state index in [-0.39, 0.29) is 30.9 Å². The number of carboxylic acids is 1. The highest BCUT2D eigenvalue weighted by atomic mass is 16.5. The minimum absolute atomic E-state index is 0.0308. The number of carboxylic acid groups (broad SMARTS) is 1. The average Bonchev–Trinajstić information content (AvgIpc) is 3.00. The maximum absolute atomic E-state index is 12.6. The highest BCUT2D eigenvalue weighted by Gasteiger charge is 2.19. The highest BCUT2D eigenvalue weighted by Crippen LogP contribution is 2.18. The fourth-order valence-corrected chi connectivity index (χ4v) is 5.30. The van der Waals surface area contributed by atoms with Gasteiger partial charge in [0.15, 0.2) is 0 Å². The summed E-state index contributed by atoms with van der Waals surface area (Å²) < 4.78 is 5.93. The summed E-state index contributed by atoms with van der Waals surface area (Å²) in [6, 6.07) is -1.38. The van der Waals surface area contributed by atoms with Crippen LogP contribution in [0, 0.1) is 0 Å². The van der Waals surface area contributed by atoms with Crippen LogP contribution in [0.4, 0.5) is 0 Å². The Balaban J connectivity index is 4.18. The van der Waals surface area contributed by atoms with E-state index in [2.05, 4.69) is 24.5 Å². The molecule has 0 radical (unpaired) electrons. The predicted octanol–water partition coefficient (Wildman–Crippen LogP) is 7.37. The molecule has 0 saturated carbocycles. The van der Waals surface area contributed by atoms with Crippen molar-refractivity contribution in [3.63, 3.8) is 0 Å². The third-order valence-corrected chi connectivity index (χ3v) is 8.10. The summed E-state index contributed by atoms with van der Waals surface area (Å²) in [4.78, 5) is 47.2. The van der Waals surface area contributed by atoms with Gasteiger partial charge in [-0.15, -0.1) is 0 Å². The Kier molecular flexibility index (Phi) is 29.3. The lowest BCUT2D eigenvalue weighted by Gasteiger charge is -2.18. The molecule has 258 valence electrons. The summed E-state index contributed by atoms with van der Waals surface area (Å²) in [5, 5.41) is 22.4. The van der Waals surface area contributed by atoms with Crippen molar-refractivity contribution in [3.8, 4) is 0 Å². The molecule has 0 aromatic heterocycles. The Morgan fingerprint density at radius 2 is 1.02 bits per heavy atom. The number of aliphatic hydroxyl groups is 1. The second kappa shape index (κ2) is 30.8. The number of aliphatic carboxylic acids is 1. The zero-order chi connectivity index (χ0) is 32.7. The standard InChI is InChI=1S/C35H66N2O7/c1-3-5-7-9-11-12-13-14-15-17-23-27-34(41)44-30(24-20-16-10-8-6-4-2)25-21-18-19-22-26-32(39)36-28-33(40)37-31(29-38)35(42)43/h30-31,38H,3-29H2,1-2H3,(H,36,39)(H,37,40)(H,42,43). The maximum Gasteiger partial charge on any atom is 0.328 e. The quantitative estimate of drug-likeness (QED) is 0.0451. The van der Waals surface area contributed by atoms with Crippen LogP contribution in [0.25, 0.3) is 0 Å². The van der Waals surface area contributed by atoms with E-state index in [1.165, 1.54) is 89.9 Å². The minimum atomic E-state index is -1.38. The number of amides is 2. The van der Waals surface area contributed by atoms with Gasteiger partial charge in [-0.05, 0) is 38.5 Å². The topological polar surface area (TPSA) is 142 Å². The van der Waals surface area contributed by atoms with Gasteiger partial charge >= 0.3 is 11.9 Å². The van der Waals surface area contributed by atoms with E-state index in [1.54, 1.807) is 0 Å². The minimum Gasteiger partial charge on any atom is -0.480 e. The second-order valence-electron chi connectivity index (χ2n) is 12.3. The van der Waals surface area contributed by atoms with Gasteiger partial charge in [0.1, 0.15) is 12.1 Å². The van der Waals surface area contributed by atoms with E-state index in [4.69, 9.17) is 14.9 Å². The number of hydrogen-bond acceptors (Lipinski definition) is 6. The van der Waals surface area contributed by atoms with Gasteiger partial charge in [-0.25, -0.2) is 4.79 Å². The molecule has 0 saturated heterocycles. The zero-order valence-electron chi connectivity index (χ0n) is 28.2. The summed E-state index contributed by atoms with van der Waals surface area (Å²) in [6.07, 6.45) is 27.1. The van der Waals surface area contributed by atoms with Crippen LogP contribution < -0.4 is 10.6 Å². The van der Waals surface area contributed by atoms with Gasteiger partial charge in [0, 0.05) is 12.8 Å². The van der Waals surface area contributed by atoms with Gasteiger partial charge in [0.05, 0.1) is 13.2 Å². The van der Waals surface area contributed by atoms with Gasteiger partial charge in [0.25, 0.3) is 0 Å². The Morgan fingerprint density at radius 1 is 0.591 bits per heavy atom. The molecule has 0 aliphatic carbocycles. The summed E-state index contributed by atoms with van der Waals surface area (Å²) in [6.45, 7) is 3.43. The van der Waals surface area contributed by atoms with Gasteiger partial charge in [0.2, 0.25) is 11.8 Å². The normalized spacial score (nSPS) is 12.4. The largest absolute Gasteiger partial charge is 0.480 e. The molecule has 44 heavy (non-hydrogen) atoms. The fourth-order valence-electron chi connectivity index (χ4n) is 5.30. The lowest BCUT2D eigenvalue weighted by Crippen LogP contribution is -2.47. The molecule has 0 heterocycles. The van der Waals surface area contributed by atoms with Crippen molar-refractivity contribution in [1.82, 2.24) is 10.6 Å². The summed E-state index contributed by atoms with van der Waals surface area (Å²) >= 11 is 0. The van der Waals surface area contributed by atoms with Crippen LogP contribution in [0.1, 0.15) is 174 Å². The van der Waals surface area contributed by atoms with E-state index in [0.717, 1.165) is 51.4 Å². The van der Waals surface area contributed by atoms with E-state index in [0.29, 0.717) is 12.8 Å². The van der Waals surface area contributed by atoms with Crippen molar-refractivity contribution >= 4 is 23.8 Å². The second-order valence-corrected chi connectivity index (χ2v) is 12.3. The predicted molar refractivity (Wildman–Crippen MR) is 176 cm³/mol. The van der Waals surface area contributed by atoms with Crippen LogP contribution in [-0.4, -0.2) is 59.3 Å². The Hall–Kier alpha value is -2.16. The number of nitrogens with one attached hydrogen (secondary N) is 2. The summed E-state index contributed by atoms with van der Waals surface area (Å²) in [7, 11) is 0. The molecule has 0 bridgehead atoms. The number of carbonyl (C=O) groups is 4. The monoisotopic (exact) mass is 626 g/mol. The van der Waals surface area contributed by atoms with Crippen molar-refractivity contribution in [2.24, 2.45) is 0 Å². The molecule has 0 rings (SSSR count). The average molecular weight is 627 g/mol. The van der Waals surface area contributed by atoms with Crippen LogP contribution in [0.5, 0.6) is 0 Å². The number of hydrogen-bond donors (Lipinski definition) is 4. The van der Waals surface area contributed by atoms with E-state index < -0.39 is 24.5 Å². The Labute approximate surface area is 268 Å². The first-order chi connectivity index (χ1) is 21.3. The van der Waals surface area contributed by atoms with Crippen LogP contribution in [0.15, 0.2) is 0 Å². The lowest BCUT2D eigenvalue weighted by atomic mass is 10.0. The van der Waals surface area contributed by atoms with E-state index in [1.807, 2.05) is 0 Å². The van der Waals surface area contributed by atoms with Gasteiger partial charge in [-0.3, -0.25) is 14.4 Å². The van der Waals surface area contributed by atoms with E-state index in [9.17, 15) is 19.2 Å². The molecule has 0 aromatic rings. The number of aliphatic hydroxyl groups excluding tert-OH is 1. The molecule has 0 aliphatic heterocycles. The third-order valence-electron chi connectivity index (χ3n) is 8.10. The molecule has 2 amide bonds. The van der Waals surface area contributed by atoms with E-state index >= 15 is 0 Å². The van der Waals surface area contributed by atoms with Crippen molar-refractivity contribution < 1.29 is 34.1 Å². The maximum atomic E-state index is 12.6. The molecule has 4 N–H and O–H groups in total. The number of unbranched alkanes of at least 4 members (excludes halogenated alkanes) is 18. The molecular weight excluding hydrogens is 560 g/mol. The first-order valence-corrected chi connectivity index (χ1v) is 17.9.